The number of aryl methyl sites for hydroxylation is 1. The maximum absolute atomic E-state index is 4.20. The van der Waals surface area contributed by atoms with Crippen LogP contribution in [0.15, 0.2) is 18.6 Å². The summed E-state index contributed by atoms with van der Waals surface area (Å²) < 4.78 is 2.02. The average molecular weight is 162 g/mol. The summed E-state index contributed by atoms with van der Waals surface area (Å²) in [7, 11) is 0. The van der Waals surface area contributed by atoms with Crippen molar-refractivity contribution in [2.24, 2.45) is 0 Å². The third-order valence-corrected chi connectivity index (χ3v) is 1.75. The van der Waals surface area contributed by atoms with Crippen molar-refractivity contribution in [1.82, 2.24) is 19.7 Å². The van der Waals surface area contributed by atoms with Gasteiger partial charge in [-0.05, 0) is 12.5 Å². The van der Waals surface area contributed by atoms with E-state index in [4.69, 9.17) is 0 Å². The standard InChI is InChI=1S/C8H10N4/c1-2-5-12-6-9-7-3-4-10-11-8(7)12/h3-4,6H,2,5H2,1H3. The predicted molar refractivity (Wildman–Crippen MR) is 45.6 cm³/mol. The molecule has 0 bridgehead atoms. The Bertz CT molecular complexity index is 379. The van der Waals surface area contributed by atoms with Crippen LogP contribution in [-0.2, 0) is 6.54 Å². The highest BCUT2D eigenvalue weighted by molar-refractivity contribution is 5.69. The minimum absolute atomic E-state index is 0.874. The van der Waals surface area contributed by atoms with Crippen LogP contribution in [0.1, 0.15) is 13.3 Å². The zero-order chi connectivity index (χ0) is 8.39. The maximum Gasteiger partial charge on any atom is 0.182 e. The van der Waals surface area contributed by atoms with Crippen molar-refractivity contribution in [2.45, 2.75) is 19.9 Å². The van der Waals surface area contributed by atoms with E-state index in [9.17, 15) is 0 Å². The molecular formula is C8H10N4. The van der Waals surface area contributed by atoms with Crippen molar-refractivity contribution in [1.29, 1.82) is 0 Å². The van der Waals surface area contributed by atoms with E-state index in [0.29, 0.717) is 0 Å². The van der Waals surface area contributed by atoms with Crippen molar-refractivity contribution >= 4 is 11.2 Å². The van der Waals surface area contributed by atoms with Gasteiger partial charge in [-0.25, -0.2) is 4.98 Å². The number of fused-ring (bicyclic) bond motifs is 1. The number of imidazole rings is 1. The van der Waals surface area contributed by atoms with Gasteiger partial charge in [0.15, 0.2) is 5.65 Å². The van der Waals surface area contributed by atoms with Gasteiger partial charge in [-0.2, -0.15) is 5.10 Å². The van der Waals surface area contributed by atoms with Gasteiger partial charge in [0.05, 0.1) is 12.5 Å². The van der Waals surface area contributed by atoms with Gasteiger partial charge in [-0.15, -0.1) is 5.10 Å². The summed E-state index contributed by atoms with van der Waals surface area (Å²) in [5, 5.41) is 7.83. The fraction of sp³-hybridized carbons (Fsp3) is 0.375. The Morgan fingerprint density at radius 1 is 1.50 bits per heavy atom. The van der Waals surface area contributed by atoms with Crippen LogP contribution in [0.2, 0.25) is 0 Å². The molecule has 0 aliphatic heterocycles. The predicted octanol–water partition coefficient (Wildman–Crippen LogP) is 1.24. The molecule has 2 aromatic heterocycles. The van der Waals surface area contributed by atoms with Crippen molar-refractivity contribution in [3.63, 3.8) is 0 Å². The summed E-state index contributed by atoms with van der Waals surface area (Å²) in [5.41, 5.74) is 1.79. The van der Waals surface area contributed by atoms with Gasteiger partial charge >= 0.3 is 0 Å². The van der Waals surface area contributed by atoms with E-state index in [1.165, 1.54) is 0 Å². The summed E-state index contributed by atoms with van der Waals surface area (Å²) in [6.07, 6.45) is 4.55. The first kappa shape index (κ1) is 7.21. The van der Waals surface area contributed by atoms with E-state index in [0.717, 1.165) is 24.1 Å². The molecular weight excluding hydrogens is 152 g/mol. The highest BCUT2D eigenvalue weighted by atomic mass is 15.2. The van der Waals surface area contributed by atoms with Gasteiger partial charge < -0.3 is 4.57 Å². The fourth-order valence-electron chi connectivity index (χ4n) is 1.21. The SMILES string of the molecule is CCCn1cnc2ccnnc21. The molecule has 2 rings (SSSR count). The van der Waals surface area contributed by atoms with E-state index < -0.39 is 0 Å². The Hall–Kier alpha value is -1.45. The van der Waals surface area contributed by atoms with Crippen LogP contribution in [0.4, 0.5) is 0 Å². The van der Waals surface area contributed by atoms with Gasteiger partial charge in [0.1, 0.15) is 5.52 Å². The number of hydrogen-bond acceptors (Lipinski definition) is 3. The first-order chi connectivity index (χ1) is 5.92. The Morgan fingerprint density at radius 3 is 3.25 bits per heavy atom. The molecule has 0 aliphatic rings. The molecule has 0 saturated heterocycles. The monoisotopic (exact) mass is 162 g/mol. The Morgan fingerprint density at radius 2 is 2.42 bits per heavy atom. The smallest absolute Gasteiger partial charge is 0.182 e. The number of aromatic nitrogens is 4. The zero-order valence-electron chi connectivity index (χ0n) is 6.94. The maximum atomic E-state index is 4.20. The second kappa shape index (κ2) is 2.89. The Kier molecular flexibility index (Phi) is 1.74. The molecule has 0 fully saturated rings. The summed E-state index contributed by atoms with van der Waals surface area (Å²) >= 11 is 0. The average Bonchev–Trinajstić information content (AvgIpc) is 2.50. The normalized spacial score (nSPS) is 10.8. The van der Waals surface area contributed by atoms with Crippen LogP contribution in [0, 0.1) is 0 Å². The first-order valence-corrected chi connectivity index (χ1v) is 4.04. The van der Waals surface area contributed by atoms with Crippen LogP contribution in [-0.4, -0.2) is 19.7 Å². The molecule has 0 aromatic carbocycles. The van der Waals surface area contributed by atoms with Crippen LogP contribution < -0.4 is 0 Å². The Balaban J connectivity index is 2.55. The third-order valence-electron chi connectivity index (χ3n) is 1.75. The third kappa shape index (κ3) is 1.05. The highest BCUT2D eigenvalue weighted by Gasteiger charge is 2.00. The van der Waals surface area contributed by atoms with E-state index in [1.807, 2.05) is 17.0 Å². The minimum Gasteiger partial charge on any atom is -0.314 e. The van der Waals surface area contributed by atoms with Crippen LogP contribution in [0.25, 0.3) is 11.2 Å². The summed E-state index contributed by atoms with van der Waals surface area (Å²) in [6.45, 7) is 3.08. The molecule has 0 atom stereocenters. The molecule has 0 saturated carbocycles. The molecule has 2 heterocycles. The molecule has 0 N–H and O–H groups in total. The van der Waals surface area contributed by atoms with Crippen molar-refractivity contribution in [3.05, 3.63) is 18.6 Å². The quantitative estimate of drug-likeness (QED) is 0.667. The van der Waals surface area contributed by atoms with E-state index >= 15 is 0 Å². The molecule has 0 spiro atoms. The van der Waals surface area contributed by atoms with Gasteiger partial charge in [0, 0.05) is 6.54 Å². The lowest BCUT2D eigenvalue weighted by Crippen LogP contribution is -1.96. The van der Waals surface area contributed by atoms with Gasteiger partial charge in [-0.3, -0.25) is 0 Å². The molecule has 0 amide bonds. The topological polar surface area (TPSA) is 43.6 Å². The van der Waals surface area contributed by atoms with Crippen LogP contribution in [0.3, 0.4) is 0 Å². The summed E-state index contributed by atoms with van der Waals surface area (Å²) in [5.74, 6) is 0. The minimum atomic E-state index is 0.874. The molecule has 0 aliphatic carbocycles. The van der Waals surface area contributed by atoms with E-state index in [-0.39, 0.29) is 0 Å². The molecule has 4 heteroatoms. The zero-order valence-corrected chi connectivity index (χ0v) is 6.94. The van der Waals surface area contributed by atoms with Crippen molar-refractivity contribution in [3.8, 4) is 0 Å². The molecule has 62 valence electrons. The molecule has 4 nitrogen and oxygen atoms in total. The van der Waals surface area contributed by atoms with Gasteiger partial charge in [-0.1, -0.05) is 6.92 Å². The van der Waals surface area contributed by atoms with E-state index in [2.05, 4.69) is 22.1 Å². The second-order valence-corrected chi connectivity index (χ2v) is 2.68. The lowest BCUT2D eigenvalue weighted by Gasteiger charge is -1.97. The second-order valence-electron chi connectivity index (χ2n) is 2.68. The number of rotatable bonds is 2. The molecule has 0 radical (unpaired) electrons. The molecule has 0 unspecified atom stereocenters. The van der Waals surface area contributed by atoms with Gasteiger partial charge in [0.2, 0.25) is 0 Å². The lowest BCUT2D eigenvalue weighted by molar-refractivity contribution is 0.688. The summed E-state index contributed by atoms with van der Waals surface area (Å²) in [6, 6.07) is 1.87. The number of nitrogens with zero attached hydrogens (tertiary/aromatic N) is 4. The molecule has 12 heavy (non-hydrogen) atoms. The van der Waals surface area contributed by atoms with E-state index in [1.54, 1.807) is 6.20 Å². The lowest BCUT2D eigenvalue weighted by atomic mass is 10.4. The van der Waals surface area contributed by atoms with Crippen molar-refractivity contribution < 1.29 is 0 Å². The van der Waals surface area contributed by atoms with Gasteiger partial charge in [0.25, 0.3) is 0 Å². The fourth-order valence-corrected chi connectivity index (χ4v) is 1.21. The van der Waals surface area contributed by atoms with Crippen molar-refractivity contribution in [2.75, 3.05) is 0 Å². The Labute approximate surface area is 70.3 Å². The first-order valence-electron chi connectivity index (χ1n) is 4.04. The molecule has 2 aromatic rings. The van der Waals surface area contributed by atoms with Crippen LogP contribution >= 0.6 is 0 Å². The number of hydrogen-bond donors (Lipinski definition) is 0. The highest BCUT2D eigenvalue weighted by Crippen LogP contribution is 2.07. The van der Waals surface area contributed by atoms with Crippen LogP contribution in [0.5, 0.6) is 0 Å². The summed E-state index contributed by atoms with van der Waals surface area (Å²) in [4.78, 5) is 4.20. The largest absolute Gasteiger partial charge is 0.314 e.